The highest BCUT2D eigenvalue weighted by Crippen LogP contribution is 2.35. The normalized spacial score (nSPS) is 19.0. The number of nitrogens with zero attached hydrogens (tertiary/aromatic N) is 1. The summed E-state index contributed by atoms with van der Waals surface area (Å²) in [6.07, 6.45) is 3.15. The Morgan fingerprint density at radius 2 is 2.04 bits per heavy atom. The Labute approximate surface area is 145 Å². The maximum atomic E-state index is 12.5. The minimum absolute atomic E-state index is 0.0257. The van der Waals surface area contributed by atoms with Gasteiger partial charge in [-0.15, -0.1) is 0 Å². The van der Waals surface area contributed by atoms with Crippen molar-refractivity contribution < 1.29 is 19.1 Å². The Morgan fingerprint density at radius 1 is 1.33 bits per heavy atom. The number of benzene rings is 1. The molecule has 0 radical (unpaired) electrons. The second-order valence-electron chi connectivity index (χ2n) is 6.31. The molecule has 1 aliphatic carbocycles. The van der Waals surface area contributed by atoms with Gasteiger partial charge in [-0.05, 0) is 43.5 Å². The van der Waals surface area contributed by atoms with E-state index in [2.05, 4.69) is 5.32 Å². The number of nitrogens with one attached hydrogen (secondary N) is 1. The third kappa shape index (κ3) is 3.11. The molecule has 7 heteroatoms. The fraction of sp³-hybridized carbons (Fsp3) is 0.471. The van der Waals surface area contributed by atoms with Gasteiger partial charge in [0.1, 0.15) is 11.3 Å². The van der Waals surface area contributed by atoms with Crippen molar-refractivity contribution in [1.29, 1.82) is 0 Å². The lowest BCUT2D eigenvalue weighted by molar-refractivity contribution is -0.135. The minimum atomic E-state index is -0.742. The number of hydrogen-bond donors (Lipinski definition) is 1. The van der Waals surface area contributed by atoms with E-state index in [-0.39, 0.29) is 18.9 Å². The highest BCUT2D eigenvalue weighted by molar-refractivity contribution is 6.30. The zero-order valence-corrected chi connectivity index (χ0v) is 14.2. The predicted molar refractivity (Wildman–Crippen MR) is 87.9 cm³/mol. The maximum absolute atomic E-state index is 12.5. The van der Waals surface area contributed by atoms with Crippen LogP contribution in [-0.2, 0) is 9.59 Å². The van der Waals surface area contributed by atoms with Crippen LogP contribution >= 0.6 is 11.6 Å². The molecule has 1 saturated heterocycles. The molecule has 1 aliphatic heterocycles. The number of carbonyl (C=O) groups excluding carboxylic acids is 3. The Kier molecular flexibility index (Phi) is 4.49. The monoisotopic (exact) mass is 350 g/mol. The zero-order valence-electron chi connectivity index (χ0n) is 13.4. The van der Waals surface area contributed by atoms with Gasteiger partial charge >= 0.3 is 12.0 Å². The highest BCUT2D eigenvalue weighted by atomic mass is 35.5. The molecule has 1 aromatic rings. The maximum Gasteiger partial charge on any atom is 0.325 e. The summed E-state index contributed by atoms with van der Waals surface area (Å²) in [5.74, 6) is -0.289. The Hall–Kier alpha value is -2.08. The minimum Gasteiger partial charge on any atom is -0.426 e. The van der Waals surface area contributed by atoms with Crippen molar-refractivity contribution in [2.45, 2.75) is 44.6 Å². The quantitative estimate of drug-likeness (QED) is 0.514. The summed E-state index contributed by atoms with van der Waals surface area (Å²) in [6.45, 7) is 1.81. The lowest BCUT2D eigenvalue weighted by atomic mass is 9.98. The van der Waals surface area contributed by atoms with E-state index in [1.807, 2.05) is 0 Å². The number of esters is 1. The summed E-state index contributed by atoms with van der Waals surface area (Å²) >= 11 is 5.86. The second-order valence-corrected chi connectivity index (χ2v) is 6.75. The second kappa shape index (κ2) is 6.43. The van der Waals surface area contributed by atoms with Gasteiger partial charge in [-0.2, -0.15) is 0 Å². The van der Waals surface area contributed by atoms with Crippen molar-refractivity contribution in [2.24, 2.45) is 0 Å². The fourth-order valence-corrected chi connectivity index (χ4v) is 3.53. The van der Waals surface area contributed by atoms with E-state index in [9.17, 15) is 14.4 Å². The van der Waals surface area contributed by atoms with Gasteiger partial charge in [-0.3, -0.25) is 14.5 Å². The van der Waals surface area contributed by atoms with Gasteiger partial charge in [0, 0.05) is 11.6 Å². The molecular formula is C17H19ClN2O4. The van der Waals surface area contributed by atoms with E-state index in [4.69, 9.17) is 16.3 Å². The molecule has 1 saturated carbocycles. The number of imide groups is 1. The highest BCUT2D eigenvalue weighted by Gasteiger charge is 2.52. The molecule has 2 aliphatic rings. The standard InChI is InChI=1S/C17H19ClN2O4/c1-11-10-12(18)4-5-13(11)24-14(21)6-9-20-15(22)17(19-16(20)23)7-2-3-8-17/h4-5,10H,2-3,6-9H2,1H3,(H,19,23). The smallest absolute Gasteiger partial charge is 0.325 e. The van der Waals surface area contributed by atoms with Crippen LogP contribution in [0.3, 0.4) is 0 Å². The fourth-order valence-electron chi connectivity index (χ4n) is 3.30. The van der Waals surface area contributed by atoms with Crippen LogP contribution in [0.2, 0.25) is 5.02 Å². The summed E-state index contributed by atoms with van der Waals surface area (Å²) < 4.78 is 5.28. The largest absolute Gasteiger partial charge is 0.426 e. The molecule has 0 atom stereocenters. The van der Waals surface area contributed by atoms with Crippen LogP contribution in [0.25, 0.3) is 0 Å². The topological polar surface area (TPSA) is 75.7 Å². The number of rotatable bonds is 4. The molecular weight excluding hydrogens is 332 g/mol. The molecule has 1 heterocycles. The average Bonchev–Trinajstić information content (AvgIpc) is 3.07. The lowest BCUT2D eigenvalue weighted by Crippen LogP contribution is -2.44. The summed E-state index contributed by atoms with van der Waals surface area (Å²) in [6, 6.07) is 4.54. The molecule has 1 aromatic carbocycles. The van der Waals surface area contributed by atoms with Crippen molar-refractivity contribution in [3.05, 3.63) is 28.8 Å². The number of halogens is 1. The van der Waals surface area contributed by atoms with Crippen molar-refractivity contribution >= 4 is 29.5 Å². The molecule has 3 rings (SSSR count). The van der Waals surface area contributed by atoms with Crippen LogP contribution in [0.5, 0.6) is 5.75 Å². The SMILES string of the molecule is Cc1cc(Cl)ccc1OC(=O)CCN1C(=O)NC2(CCCC2)C1=O. The lowest BCUT2D eigenvalue weighted by Gasteiger charge is -2.19. The summed E-state index contributed by atoms with van der Waals surface area (Å²) in [5, 5.41) is 3.35. The van der Waals surface area contributed by atoms with E-state index < -0.39 is 17.5 Å². The number of hydrogen-bond acceptors (Lipinski definition) is 4. The first-order valence-corrected chi connectivity index (χ1v) is 8.40. The van der Waals surface area contributed by atoms with Gasteiger partial charge in [0.25, 0.3) is 5.91 Å². The molecule has 2 fully saturated rings. The van der Waals surface area contributed by atoms with E-state index in [0.717, 1.165) is 23.3 Å². The molecule has 128 valence electrons. The summed E-state index contributed by atoms with van der Waals surface area (Å²) in [4.78, 5) is 37.6. The molecule has 3 amide bonds. The van der Waals surface area contributed by atoms with E-state index in [1.54, 1.807) is 25.1 Å². The summed E-state index contributed by atoms with van der Waals surface area (Å²) in [5.41, 5.74) is 0.00376. The van der Waals surface area contributed by atoms with Gasteiger partial charge in [0.15, 0.2) is 0 Å². The molecule has 0 bridgehead atoms. The third-order valence-electron chi connectivity index (χ3n) is 4.60. The Morgan fingerprint density at radius 3 is 2.71 bits per heavy atom. The number of amides is 3. The van der Waals surface area contributed by atoms with Gasteiger partial charge < -0.3 is 10.1 Å². The first-order valence-electron chi connectivity index (χ1n) is 8.02. The third-order valence-corrected chi connectivity index (χ3v) is 4.84. The molecule has 1 spiro atoms. The van der Waals surface area contributed by atoms with Gasteiger partial charge in [-0.1, -0.05) is 24.4 Å². The van der Waals surface area contributed by atoms with E-state index in [1.165, 1.54) is 0 Å². The van der Waals surface area contributed by atoms with Gasteiger partial charge in [-0.25, -0.2) is 4.79 Å². The molecule has 0 aromatic heterocycles. The van der Waals surface area contributed by atoms with E-state index >= 15 is 0 Å². The van der Waals surface area contributed by atoms with Crippen LogP contribution < -0.4 is 10.1 Å². The first-order chi connectivity index (χ1) is 11.4. The Bertz CT molecular complexity index is 698. The zero-order chi connectivity index (χ0) is 17.3. The van der Waals surface area contributed by atoms with Crippen molar-refractivity contribution in [1.82, 2.24) is 10.2 Å². The molecule has 24 heavy (non-hydrogen) atoms. The first kappa shape index (κ1) is 16.8. The predicted octanol–water partition coefficient (Wildman–Crippen LogP) is 2.81. The number of urea groups is 1. The van der Waals surface area contributed by atoms with Crippen LogP contribution in [0.4, 0.5) is 4.79 Å². The summed E-state index contributed by atoms with van der Waals surface area (Å²) in [7, 11) is 0. The van der Waals surface area contributed by atoms with E-state index in [0.29, 0.717) is 23.6 Å². The van der Waals surface area contributed by atoms with Crippen molar-refractivity contribution in [3.63, 3.8) is 0 Å². The Balaban J connectivity index is 1.58. The van der Waals surface area contributed by atoms with Crippen LogP contribution in [0.1, 0.15) is 37.7 Å². The molecule has 1 N–H and O–H groups in total. The van der Waals surface area contributed by atoms with Crippen LogP contribution in [0, 0.1) is 6.92 Å². The van der Waals surface area contributed by atoms with Crippen LogP contribution in [-0.4, -0.2) is 34.9 Å². The number of carbonyl (C=O) groups is 3. The number of aryl methyl sites for hydroxylation is 1. The molecule has 0 unspecified atom stereocenters. The van der Waals surface area contributed by atoms with Gasteiger partial charge in [0.2, 0.25) is 0 Å². The number of ether oxygens (including phenoxy) is 1. The van der Waals surface area contributed by atoms with Crippen LogP contribution in [0.15, 0.2) is 18.2 Å². The van der Waals surface area contributed by atoms with Crippen molar-refractivity contribution in [3.8, 4) is 5.75 Å². The average molecular weight is 351 g/mol. The molecule has 6 nitrogen and oxygen atoms in total. The van der Waals surface area contributed by atoms with Crippen molar-refractivity contribution in [2.75, 3.05) is 6.54 Å². The van der Waals surface area contributed by atoms with Gasteiger partial charge in [0.05, 0.1) is 6.42 Å².